The van der Waals surface area contributed by atoms with Crippen molar-refractivity contribution in [3.63, 3.8) is 0 Å². The number of benzene rings is 1. The second-order valence-corrected chi connectivity index (χ2v) is 8.50. The van der Waals surface area contributed by atoms with Gasteiger partial charge in [0.05, 0.1) is 23.6 Å². The van der Waals surface area contributed by atoms with Crippen molar-refractivity contribution in [2.24, 2.45) is 0 Å². The lowest BCUT2D eigenvalue weighted by molar-refractivity contribution is 0.484. The minimum absolute atomic E-state index is 0.590. The molecule has 0 saturated carbocycles. The molecule has 1 atom stereocenters. The van der Waals surface area contributed by atoms with Crippen LogP contribution in [-0.2, 0) is 6.54 Å². The summed E-state index contributed by atoms with van der Waals surface area (Å²) in [6.07, 6.45) is 6.04. The first-order chi connectivity index (χ1) is 13.6. The fourth-order valence-corrected chi connectivity index (χ4v) is 4.81. The van der Waals surface area contributed by atoms with Crippen LogP contribution in [0.2, 0.25) is 0 Å². The van der Waals surface area contributed by atoms with Crippen LogP contribution in [0.3, 0.4) is 0 Å². The molecule has 1 N–H and O–H groups in total. The molecular weight excluding hydrogens is 364 g/mol. The van der Waals surface area contributed by atoms with Crippen LogP contribution < -0.4 is 10.2 Å². The lowest BCUT2D eigenvalue weighted by Gasteiger charge is -2.33. The Hall–Kier alpha value is -2.53. The first kappa shape index (κ1) is 18.8. The van der Waals surface area contributed by atoms with Crippen LogP contribution in [0.4, 0.5) is 10.8 Å². The van der Waals surface area contributed by atoms with Crippen molar-refractivity contribution in [1.29, 1.82) is 0 Å². The third kappa shape index (κ3) is 4.14. The van der Waals surface area contributed by atoms with Gasteiger partial charge in [0.1, 0.15) is 0 Å². The molecular formula is C23H28N4S. The Kier molecular flexibility index (Phi) is 5.53. The molecule has 1 fully saturated rings. The average Bonchev–Trinajstić information content (AvgIpc) is 3.30. The molecule has 1 saturated heterocycles. The van der Waals surface area contributed by atoms with Crippen LogP contribution in [0.25, 0.3) is 5.70 Å². The average molecular weight is 393 g/mol. The Morgan fingerprint density at radius 2 is 2.11 bits per heavy atom. The van der Waals surface area contributed by atoms with Gasteiger partial charge in [-0.1, -0.05) is 24.8 Å². The molecule has 3 heterocycles. The largest absolute Gasteiger partial charge is 0.354 e. The van der Waals surface area contributed by atoms with Gasteiger partial charge in [-0.2, -0.15) is 0 Å². The van der Waals surface area contributed by atoms with Crippen molar-refractivity contribution in [3.8, 4) is 0 Å². The second-order valence-electron chi connectivity index (χ2n) is 7.66. The normalized spacial score (nSPS) is 16.9. The number of nitrogens with zero attached hydrogens (tertiary/aromatic N) is 3. The van der Waals surface area contributed by atoms with Crippen molar-refractivity contribution in [2.75, 3.05) is 16.8 Å². The second kappa shape index (κ2) is 8.23. The molecule has 4 nitrogen and oxygen atoms in total. The SMILES string of the molecule is C=C(Nc1ccccc1)c1cc(C)cn1Cc1csc(N2CCCCC2C)n1. The van der Waals surface area contributed by atoms with Crippen molar-refractivity contribution in [3.05, 3.63) is 71.5 Å². The maximum atomic E-state index is 4.95. The highest BCUT2D eigenvalue weighted by atomic mass is 32.1. The predicted molar refractivity (Wildman–Crippen MR) is 120 cm³/mol. The van der Waals surface area contributed by atoms with Crippen molar-refractivity contribution in [2.45, 2.75) is 45.7 Å². The van der Waals surface area contributed by atoms with Gasteiger partial charge in [-0.3, -0.25) is 0 Å². The molecule has 0 aliphatic carbocycles. The van der Waals surface area contributed by atoms with Crippen molar-refractivity contribution >= 4 is 27.9 Å². The Morgan fingerprint density at radius 1 is 1.29 bits per heavy atom. The van der Waals surface area contributed by atoms with Gasteiger partial charge in [0, 0.05) is 29.9 Å². The number of hydrogen-bond acceptors (Lipinski definition) is 4. The number of thiazole rings is 1. The molecule has 2 aromatic heterocycles. The van der Waals surface area contributed by atoms with Crippen molar-refractivity contribution < 1.29 is 0 Å². The minimum atomic E-state index is 0.590. The Balaban J connectivity index is 1.50. The van der Waals surface area contributed by atoms with Crippen molar-refractivity contribution in [1.82, 2.24) is 9.55 Å². The summed E-state index contributed by atoms with van der Waals surface area (Å²) in [6, 6.07) is 12.9. The molecule has 3 aromatic rings. The van der Waals surface area contributed by atoms with Gasteiger partial charge in [0.2, 0.25) is 0 Å². The maximum absolute atomic E-state index is 4.95. The fourth-order valence-electron chi connectivity index (χ4n) is 3.86. The molecule has 0 spiro atoms. The summed E-state index contributed by atoms with van der Waals surface area (Å²) in [5.74, 6) is 0. The zero-order valence-corrected chi connectivity index (χ0v) is 17.5. The number of aromatic nitrogens is 2. The summed E-state index contributed by atoms with van der Waals surface area (Å²) in [5.41, 5.74) is 5.39. The molecule has 1 aromatic carbocycles. The van der Waals surface area contributed by atoms with Crippen LogP contribution >= 0.6 is 11.3 Å². The molecule has 1 aliphatic rings. The lowest BCUT2D eigenvalue weighted by atomic mass is 10.1. The van der Waals surface area contributed by atoms with Crippen LogP contribution in [0.15, 0.2) is 54.6 Å². The van der Waals surface area contributed by atoms with E-state index in [0.29, 0.717) is 6.04 Å². The number of para-hydroxylation sites is 1. The van der Waals surface area contributed by atoms with Crippen LogP contribution in [-0.4, -0.2) is 22.1 Å². The van der Waals surface area contributed by atoms with Gasteiger partial charge in [0.15, 0.2) is 5.13 Å². The third-order valence-corrected chi connectivity index (χ3v) is 6.26. The Morgan fingerprint density at radius 3 is 2.89 bits per heavy atom. The number of anilines is 2. The topological polar surface area (TPSA) is 33.1 Å². The summed E-state index contributed by atoms with van der Waals surface area (Å²) in [4.78, 5) is 7.41. The summed E-state index contributed by atoms with van der Waals surface area (Å²) in [7, 11) is 0. The van der Waals surface area contributed by atoms with E-state index in [4.69, 9.17) is 4.98 Å². The third-order valence-electron chi connectivity index (χ3n) is 5.33. The highest BCUT2D eigenvalue weighted by Gasteiger charge is 2.21. The summed E-state index contributed by atoms with van der Waals surface area (Å²) in [6.45, 7) is 10.6. The summed E-state index contributed by atoms with van der Waals surface area (Å²) < 4.78 is 2.24. The van der Waals surface area contributed by atoms with Gasteiger partial charge in [0.25, 0.3) is 0 Å². The van der Waals surface area contributed by atoms with Crippen LogP contribution in [0.5, 0.6) is 0 Å². The smallest absolute Gasteiger partial charge is 0.185 e. The molecule has 0 amide bonds. The minimum Gasteiger partial charge on any atom is -0.354 e. The number of hydrogen-bond donors (Lipinski definition) is 1. The Bertz CT molecular complexity index is 941. The standard InChI is InChI=1S/C23H28N4S/c1-17-13-22(19(3)24-20-10-5-4-6-11-20)26(14-17)15-21-16-28-23(25-21)27-12-8-7-9-18(27)2/h4-6,10-11,13-14,16,18,24H,3,7-9,12,15H2,1-2H3. The number of aryl methyl sites for hydroxylation is 1. The van der Waals surface area contributed by atoms with Gasteiger partial charge in [-0.05, 0) is 56.9 Å². The van der Waals surface area contributed by atoms with E-state index in [1.165, 1.54) is 24.8 Å². The van der Waals surface area contributed by atoms with Gasteiger partial charge >= 0.3 is 0 Å². The van der Waals surface area contributed by atoms with E-state index in [0.717, 1.165) is 41.0 Å². The molecule has 146 valence electrons. The predicted octanol–water partition coefficient (Wildman–Crippen LogP) is 5.76. The molecule has 0 bridgehead atoms. The van der Waals surface area contributed by atoms with E-state index in [9.17, 15) is 0 Å². The zero-order chi connectivity index (χ0) is 19.5. The first-order valence-corrected chi connectivity index (χ1v) is 10.9. The first-order valence-electron chi connectivity index (χ1n) is 9.99. The zero-order valence-electron chi connectivity index (χ0n) is 16.7. The van der Waals surface area contributed by atoms with E-state index in [2.05, 4.69) is 65.0 Å². The molecule has 5 heteroatoms. The molecule has 1 unspecified atom stereocenters. The summed E-state index contributed by atoms with van der Waals surface area (Å²) >= 11 is 1.77. The summed E-state index contributed by atoms with van der Waals surface area (Å²) in [5, 5.41) is 6.78. The maximum Gasteiger partial charge on any atom is 0.185 e. The van der Waals surface area contributed by atoms with E-state index in [1.54, 1.807) is 11.3 Å². The van der Waals surface area contributed by atoms with E-state index >= 15 is 0 Å². The highest BCUT2D eigenvalue weighted by Crippen LogP contribution is 2.28. The van der Waals surface area contributed by atoms with Gasteiger partial charge in [-0.25, -0.2) is 4.98 Å². The van der Waals surface area contributed by atoms with E-state index in [1.807, 2.05) is 18.2 Å². The number of nitrogens with one attached hydrogen (secondary N) is 1. The molecule has 1 aliphatic heterocycles. The number of piperidine rings is 1. The quantitative estimate of drug-likeness (QED) is 0.579. The van der Waals surface area contributed by atoms with Gasteiger partial charge < -0.3 is 14.8 Å². The lowest BCUT2D eigenvalue weighted by Crippen LogP contribution is -2.37. The highest BCUT2D eigenvalue weighted by molar-refractivity contribution is 7.13. The molecule has 0 radical (unpaired) electrons. The monoisotopic (exact) mass is 392 g/mol. The van der Waals surface area contributed by atoms with E-state index < -0.39 is 0 Å². The van der Waals surface area contributed by atoms with Crippen LogP contribution in [0.1, 0.15) is 43.1 Å². The van der Waals surface area contributed by atoms with Crippen LogP contribution in [0, 0.1) is 6.92 Å². The fraction of sp³-hybridized carbons (Fsp3) is 0.348. The molecule has 28 heavy (non-hydrogen) atoms. The van der Waals surface area contributed by atoms with Gasteiger partial charge in [-0.15, -0.1) is 11.3 Å². The Labute approximate surface area is 171 Å². The molecule has 4 rings (SSSR count). The number of rotatable bonds is 6. The van der Waals surface area contributed by atoms with E-state index in [-0.39, 0.29) is 0 Å².